The van der Waals surface area contributed by atoms with Crippen LogP contribution < -0.4 is 5.32 Å². The summed E-state index contributed by atoms with van der Waals surface area (Å²) in [5, 5.41) is 3.62. The van der Waals surface area contributed by atoms with Gasteiger partial charge in [0.1, 0.15) is 11.6 Å². The highest BCUT2D eigenvalue weighted by atomic mass is 35.5. The average Bonchev–Trinajstić information content (AvgIpc) is 3.48. The van der Waals surface area contributed by atoms with Gasteiger partial charge in [-0.2, -0.15) is 0 Å². The number of imidazole rings is 1. The van der Waals surface area contributed by atoms with Crippen LogP contribution in [0.15, 0.2) is 83.5 Å². The maximum atomic E-state index is 12.5. The van der Waals surface area contributed by atoms with Crippen molar-refractivity contribution in [2.45, 2.75) is 33.4 Å². The second kappa shape index (κ2) is 9.80. The van der Waals surface area contributed by atoms with Gasteiger partial charge in [0.25, 0.3) is 5.91 Å². The summed E-state index contributed by atoms with van der Waals surface area (Å²) in [4.78, 5) is 17.5. The van der Waals surface area contributed by atoms with Gasteiger partial charge in [0.05, 0.1) is 23.8 Å². The van der Waals surface area contributed by atoms with Crippen molar-refractivity contribution in [2.75, 3.05) is 0 Å². The van der Waals surface area contributed by atoms with E-state index in [1.807, 2.05) is 54.6 Å². The van der Waals surface area contributed by atoms with Gasteiger partial charge >= 0.3 is 0 Å². The monoisotopic (exact) mass is 483 g/mol. The normalized spacial score (nSPS) is 11.2. The van der Waals surface area contributed by atoms with Gasteiger partial charge < -0.3 is 14.3 Å². The van der Waals surface area contributed by atoms with Crippen LogP contribution in [0.2, 0.25) is 5.02 Å². The molecule has 0 aliphatic heterocycles. The summed E-state index contributed by atoms with van der Waals surface area (Å²) in [5.41, 5.74) is 7.26. The lowest BCUT2D eigenvalue weighted by molar-refractivity contribution is 0.0948. The number of aromatic nitrogens is 2. The Balaban J connectivity index is 1.42. The van der Waals surface area contributed by atoms with Crippen LogP contribution in [-0.4, -0.2) is 15.5 Å². The molecule has 3 aromatic carbocycles. The van der Waals surface area contributed by atoms with Crippen molar-refractivity contribution >= 4 is 28.5 Å². The molecule has 1 N–H and O–H groups in total. The highest BCUT2D eigenvalue weighted by Gasteiger charge is 2.15. The fourth-order valence-electron chi connectivity index (χ4n) is 4.18. The summed E-state index contributed by atoms with van der Waals surface area (Å²) in [6.45, 7) is 5.24. The first-order valence-electron chi connectivity index (χ1n) is 11.6. The highest BCUT2D eigenvalue weighted by molar-refractivity contribution is 6.31. The van der Waals surface area contributed by atoms with E-state index in [0.29, 0.717) is 25.1 Å². The minimum absolute atomic E-state index is 0.133. The average molecular weight is 484 g/mol. The van der Waals surface area contributed by atoms with E-state index in [1.165, 1.54) is 11.1 Å². The molecule has 5 rings (SSSR count). The predicted molar refractivity (Wildman–Crippen MR) is 139 cm³/mol. The number of nitrogens with one attached hydrogen (secondary N) is 1. The first-order chi connectivity index (χ1) is 17.0. The van der Waals surface area contributed by atoms with Crippen molar-refractivity contribution in [3.63, 3.8) is 0 Å². The second-order valence-electron chi connectivity index (χ2n) is 8.77. The third-order valence-corrected chi connectivity index (χ3v) is 6.68. The van der Waals surface area contributed by atoms with Crippen molar-refractivity contribution in [3.8, 4) is 0 Å². The van der Waals surface area contributed by atoms with Crippen LogP contribution in [0.4, 0.5) is 0 Å². The molecule has 1 amide bonds. The van der Waals surface area contributed by atoms with Gasteiger partial charge in [-0.3, -0.25) is 4.79 Å². The molecule has 0 bridgehead atoms. The van der Waals surface area contributed by atoms with E-state index < -0.39 is 0 Å². The fraction of sp³-hybridized carbons (Fsp3) is 0.172. The number of benzene rings is 3. The number of fused-ring (bicyclic) bond motifs is 1. The van der Waals surface area contributed by atoms with Crippen LogP contribution in [0.1, 0.15) is 44.2 Å². The lowest BCUT2D eigenvalue weighted by Crippen LogP contribution is -2.22. The lowest BCUT2D eigenvalue weighted by atomic mass is 10.1. The Labute approximate surface area is 209 Å². The van der Waals surface area contributed by atoms with E-state index in [-0.39, 0.29) is 5.91 Å². The molecule has 176 valence electrons. The molecule has 0 saturated heterocycles. The number of carbonyl (C=O) groups excluding carboxylic acids is 1. The Kier molecular flexibility index (Phi) is 6.43. The van der Waals surface area contributed by atoms with Gasteiger partial charge in [-0.25, -0.2) is 4.98 Å². The van der Waals surface area contributed by atoms with Gasteiger partial charge in [-0.05, 0) is 78.6 Å². The van der Waals surface area contributed by atoms with Gasteiger partial charge in [-0.15, -0.1) is 0 Å². The molecule has 6 heteroatoms. The molecule has 5 nitrogen and oxygen atoms in total. The number of halogens is 1. The smallest absolute Gasteiger partial charge is 0.251 e. The van der Waals surface area contributed by atoms with E-state index in [2.05, 4.69) is 35.9 Å². The van der Waals surface area contributed by atoms with Gasteiger partial charge in [0.2, 0.25) is 0 Å². The summed E-state index contributed by atoms with van der Waals surface area (Å²) in [7, 11) is 0. The van der Waals surface area contributed by atoms with Crippen LogP contribution in [0.5, 0.6) is 0 Å². The Hall–Kier alpha value is -3.83. The zero-order valence-electron chi connectivity index (χ0n) is 19.7. The molecule has 0 aliphatic carbocycles. The Bertz CT molecular complexity index is 1480. The van der Waals surface area contributed by atoms with Crippen molar-refractivity contribution in [2.24, 2.45) is 0 Å². The molecule has 0 fully saturated rings. The number of amides is 1. The Morgan fingerprint density at radius 1 is 1.00 bits per heavy atom. The molecule has 0 unspecified atom stereocenters. The van der Waals surface area contributed by atoms with Gasteiger partial charge in [0.15, 0.2) is 0 Å². The van der Waals surface area contributed by atoms with Gasteiger partial charge in [0, 0.05) is 23.6 Å². The lowest BCUT2D eigenvalue weighted by Gasteiger charge is -2.12. The summed E-state index contributed by atoms with van der Waals surface area (Å²) < 4.78 is 7.53. The summed E-state index contributed by atoms with van der Waals surface area (Å²) in [6, 6.07) is 23.6. The maximum absolute atomic E-state index is 12.5. The molecule has 0 aliphatic rings. The van der Waals surface area contributed by atoms with Gasteiger partial charge in [-0.1, -0.05) is 41.9 Å². The molecule has 0 atom stereocenters. The number of rotatable bonds is 7. The number of hydrogen-bond acceptors (Lipinski definition) is 3. The topological polar surface area (TPSA) is 60.1 Å². The van der Waals surface area contributed by atoms with E-state index in [1.54, 1.807) is 12.3 Å². The first-order valence-corrected chi connectivity index (χ1v) is 11.9. The zero-order chi connectivity index (χ0) is 24.4. The summed E-state index contributed by atoms with van der Waals surface area (Å²) >= 11 is 6.46. The molecule has 2 aromatic heterocycles. The Morgan fingerprint density at radius 2 is 1.77 bits per heavy atom. The minimum atomic E-state index is -0.133. The third kappa shape index (κ3) is 5.00. The highest BCUT2D eigenvalue weighted by Crippen LogP contribution is 2.25. The molecule has 0 radical (unpaired) electrons. The number of furan rings is 1. The van der Waals surface area contributed by atoms with Crippen LogP contribution in [0, 0.1) is 13.8 Å². The SMILES string of the molecule is Cc1cc2nc(Cc3ccccc3Cl)n(Cc3ccc(C(=O)NCc4ccco4)cc3)c2cc1C. The van der Waals surface area contributed by atoms with Crippen LogP contribution >= 0.6 is 11.6 Å². The van der Waals surface area contributed by atoms with E-state index >= 15 is 0 Å². The second-order valence-corrected chi connectivity index (χ2v) is 9.17. The third-order valence-electron chi connectivity index (χ3n) is 6.31. The zero-order valence-corrected chi connectivity index (χ0v) is 20.5. The molecule has 35 heavy (non-hydrogen) atoms. The van der Waals surface area contributed by atoms with E-state index in [4.69, 9.17) is 21.0 Å². The number of carbonyl (C=O) groups is 1. The molecule has 5 aromatic rings. The number of nitrogens with zero attached hydrogens (tertiary/aromatic N) is 2. The number of hydrogen-bond donors (Lipinski definition) is 1. The minimum Gasteiger partial charge on any atom is -0.467 e. The summed E-state index contributed by atoms with van der Waals surface area (Å²) in [5.74, 6) is 1.54. The standard InChI is InChI=1S/C29H26ClN3O2/c1-19-14-26-27(15-20(19)2)33(28(32-26)16-23-6-3-4-8-25(23)30)18-21-9-11-22(12-10-21)29(34)31-17-24-7-5-13-35-24/h3-15H,16-18H2,1-2H3,(H,31,34). The molecular weight excluding hydrogens is 458 g/mol. The molecule has 2 heterocycles. The molecule has 0 saturated carbocycles. The molecule has 0 spiro atoms. The number of aryl methyl sites for hydroxylation is 2. The van der Waals surface area contributed by atoms with Crippen molar-refractivity contribution in [1.82, 2.24) is 14.9 Å². The first kappa shape index (κ1) is 22.9. The van der Waals surface area contributed by atoms with Crippen molar-refractivity contribution in [1.29, 1.82) is 0 Å². The van der Waals surface area contributed by atoms with Crippen molar-refractivity contribution in [3.05, 3.63) is 123 Å². The van der Waals surface area contributed by atoms with E-state index in [0.717, 1.165) is 38.8 Å². The predicted octanol–water partition coefficient (Wildman–Crippen LogP) is 6.47. The van der Waals surface area contributed by atoms with Crippen LogP contribution in [0.3, 0.4) is 0 Å². The fourth-order valence-corrected chi connectivity index (χ4v) is 4.38. The summed E-state index contributed by atoms with van der Waals surface area (Å²) in [6.07, 6.45) is 2.23. The molecular formula is C29H26ClN3O2. The maximum Gasteiger partial charge on any atom is 0.251 e. The van der Waals surface area contributed by atoms with Crippen molar-refractivity contribution < 1.29 is 9.21 Å². The van der Waals surface area contributed by atoms with Crippen LogP contribution in [0.25, 0.3) is 11.0 Å². The van der Waals surface area contributed by atoms with E-state index in [9.17, 15) is 4.79 Å². The quantitative estimate of drug-likeness (QED) is 0.288. The van der Waals surface area contributed by atoms with Crippen LogP contribution in [-0.2, 0) is 19.5 Å². The Morgan fingerprint density at radius 3 is 2.51 bits per heavy atom. The largest absolute Gasteiger partial charge is 0.467 e.